The van der Waals surface area contributed by atoms with Crippen molar-refractivity contribution in [1.82, 2.24) is 10.2 Å². The van der Waals surface area contributed by atoms with Crippen molar-refractivity contribution >= 4 is 5.91 Å². The van der Waals surface area contributed by atoms with Crippen LogP contribution in [0.2, 0.25) is 0 Å². The predicted molar refractivity (Wildman–Crippen MR) is 149 cm³/mol. The molecule has 4 atom stereocenters. The molecular weight excluding hydrogens is 480 g/mol. The van der Waals surface area contributed by atoms with E-state index in [2.05, 4.69) is 40.4 Å². The summed E-state index contributed by atoms with van der Waals surface area (Å²) in [7, 11) is 1.96. The number of aliphatic hydroxyl groups is 3. The zero-order valence-corrected chi connectivity index (χ0v) is 23.0. The number of aryl methyl sites for hydroxylation is 2. The van der Waals surface area contributed by atoms with Gasteiger partial charge >= 0.3 is 0 Å². The third-order valence-corrected chi connectivity index (χ3v) is 7.57. The molecule has 4 N–H and O–H groups in total. The molecule has 7 heteroatoms. The number of aliphatic hydroxyl groups excluding tert-OH is 3. The molecule has 0 radical (unpaired) electrons. The van der Waals surface area contributed by atoms with Gasteiger partial charge in [-0.1, -0.05) is 48.4 Å². The third-order valence-electron chi connectivity index (χ3n) is 7.57. The van der Waals surface area contributed by atoms with Crippen molar-refractivity contribution in [3.63, 3.8) is 0 Å². The van der Waals surface area contributed by atoms with Gasteiger partial charge in [0.2, 0.25) is 5.91 Å². The summed E-state index contributed by atoms with van der Waals surface area (Å²) in [4.78, 5) is 14.2. The highest BCUT2D eigenvalue weighted by atomic mass is 16.5. The molecule has 0 unspecified atom stereocenters. The number of nitrogens with zero attached hydrogens (tertiary/aromatic N) is 1. The lowest BCUT2D eigenvalue weighted by atomic mass is 9.91. The van der Waals surface area contributed by atoms with Gasteiger partial charge in [-0.15, -0.1) is 6.42 Å². The maximum absolute atomic E-state index is 12.2. The van der Waals surface area contributed by atoms with E-state index < -0.39 is 24.4 Å². The molecule has 0 aromatic heterocycles. The van der Waals surface area contributed by atoms with Crippen molar-refractivity contribution < 1.29 is 24.9 Å². The molecule has 0 saturated carbocycles. The monoisotopic (exact) mass is 522 g/mol. The lowest BCUT2D eigenvalue weighted by Crippen LogP contribution is -2.49. The van der Waals surface area contributed by atoms with Gasteiger partial charge in [-0.3, -0.25) is 9.69 Å². The van der Waals surface area contributed by atoms with Gasteiger partial charge in [-0.2, -0.15) is 0 Å². The minimum absolute atomic E-state index is 0.0164. The molecule has 2 aromatic carbocycles. The first-order valence-electron chi connectivity index (χ1n) is 13.3. The van der Waals surface area contributed by atoms with Gasteiger partial charge < -0.3 is 25.4 Å². The summed E-state index contributed by atoms with van der Waals surface area (Å²) in [6.07, 6.45) is 4.19. The van der Waals surface area contributed by atoms with Crippen LogP contribution in [0.5, 0.6) is 0 Å². The first-order chi connectivity index (χ1) is 18.0. The van der Waals surface area contributed by atoms with Gasteiger partial charge in [0.05, 0.1) is 12.1 Å². The molecule has 0 spiro atoms. The number of ether oxygens (including phenoxy) is 1. The summed E-state index contributed by atoms with van der Waals surface area (Å²) in [5.41, 5.74) is 5.03. The van der Waals surface area contributed by atoms with Gasteiger partial charge in [0.25, 0.3) is 0 Å². The lowest BCUT2D eigenvalue weighted by molar-refractivity contribution is -0.189. The van der Waals surface area contributed by atoms with Crippen LogP contribution < -0.4 is 5.32 Å². The Morgan fingerprint density at radius 2 is 1.82 bits per heavy atom. The van der Waals surface area contributed by atoms with Crippen LogP contribution >= 0.6 is 0 Å². The van der Waals surface area contributed by atoms with Gasteiger partial charge in [-0.05, 0) is 74.9 Å². The number of hydrogen-bond donors (Lipinski definition) is 4. The number of rotatable bonds is 11. The highest BCUT2D eigenvalue weighted by Crippen LogP contribution is 2.30. The van der Waals surface area contributed by atoms with Crippen molar-refractivity contribution in [2.75, 3.05) is 26.7 Å². The summed E-state index contributed by atoms with van der Waals surface area (Å²) in [5.74, 6) is 2.81. The number of likely N-dealkylation sites (N-methyl/N-ethyl adjacent to an activating group) is 1. The Balaban J connectivity index is 1.48. The van der Waals surface area contributed by atoms with Crippen molar-refractivity contribution in [3.8, 4) is 12.3 Å². The second-order valence-electron chi connectivity index (χ2n) is 10.8. The van der Waals surface area contributed by atoms with Crippen LogP contribution in [0.1, 0.15) is 60.6 Å². The first kappa shape index (κ1) is 29.8. The average Bonchev–Trinajstić information content (AvgIpc) is 2.89. The Hall–Kier alpha value is -2.73. The minimum Gasteiger partial charge on any atom is -0.388 e. The fraction of sp³-hybridized carbons (Fsp3) is 0.516. The van der Waals surface area contributed by atoms with E-state index in [4.69, 9.17) is 11.2 Å². The Labute approximate surface area is 226 Å². The number of hydrogen-bond acceptors (Lipinski definition) is 6. The molecule has 38 heavy (non-hydrogen) atoms. The van der Waals surface area contributed by atoms with E-state index in [-0.39, 0.29) is 18.1 Å². The molecule has 3 rings (SSSR count). The summed E-state index contributed by atoms with van der Waals surface area (Å²) in [6, 6.07) is 14.3. The Bertz CT molecular complexity index is 1110. The topological polar surface area (TPSA) is 102 Å². The van der Waals surface area contributed by atoms with Gasteiger partial charge in [0.1, 0.15) is 24.4 Å². The van der Waals surface area contributed by atoms with E-state index >= 15 is 0 Å². The van der Waals surface area contributed by atoms with Crippen LogP contribution in [0.15, 0.2) is 42.5 Å². The molecule has 1 heterocycles. The summed E-state index contributed by atoms with van der Waals surface area (Å²) in [5, 5.41) is 33.1. The van der Waals surface area contributed by atoms with Crippen LogP contribution in [0, 0.1) is 19.3 Å². The SMILES string of the molecule is C#CC(C)(C)N(C)CCNC(=O)CCCc1ccc(Cc2cc([C@@H]3OC[C@@H](O)[C@H](O)[C@H]3O)ccc2C)cc1. The second-order valence-corrected chi connectivity index (χ2v) is 10.8. The summed E-state index contributed by atoms with van der Waals surface area (Å²) < 4.78 is 5.63. The van der Waals surface area contributed by atoms with E-state index in [0.29, 0.717) is 19.5 Å². The quantitative estimate of drug-likeness (QED) is 0.339. The van der Waals surface area contributed by atoms with Crippen LogP contribution in [-0.2, 0) is 22.4 Å². The molecule has 1 amide bonds. The number of nitrogens with one attached hydrogen (secondary N) is 1. The Morgan fingerprint density at radius 3 is 2.50 bits per heavy atom. The summed E-state index contributed by atoms with van der Waals surface area (Å²) >= 11 is 0. The van der Waals surface area contributed by atoms with Crippen molar-refractivity contribution in [2.45, 2.75) is 76.4 Å². The van der Waals surface area contributed by atoms with Crippen molar-refractivity contribution in [3.05, 3.63) is 70.3 Å². The Morgan fingerprint density at radius 1 is 1.13 bits per heavy atom. The van der Waals surface area contributed by atoms with E-state index in [9.17, 15) is 20.1 Å². The molecule has 0 aliphatic carbocycles. The van der Waals surface area contributed by atoms with Gasteiger partial charge in [-0.25, -0.2) is 0 Å². The van der Waals surface area contributed by atoms with Gasteiger partial charge in [0.15, 0.2) is 0 Å². The van der Waals surface area contributed by atoms with Crippen molar-refractivity contribution in [1.29, 1.82) is 0 Å². The number of benzene rings is 2. The van der Waals surface area contributed by atoms with E-state index in [0.717, 1.165) is 41.5 Å². The molecular formula is C31H42N2O5. The first-order valence-corrected chi connectivity index (χ1v) is 13.3. The molecule has 1 saturated heterocycles. The highest BCUT2D eigenvalue weighted by molar-refractivity contribution is 5.75. The fourth-order valence-electron chi connectivity index (χ4n) is 4.50. The standard InChI is InChI=1S/C31H42N2O5/c1-6-31(3,4)33(5)17-16-32-27(35)9-7-8-22-11-13-23(14-12-22)18-25-19-24(15-10-21(25)2)30-29(37)28(36)26(34)20-38-30/h1,10-15,19,26,28-30,34,36-37H,7-9,16-18,20H2,2-5H3,(H,32,35)/t26-,28+,29-,30+/m1/s1. The van der Waals surface area contributed by atoms with Crippen LogP contribution in [0.4, 0.5) is 0 Å². The lowest BCUT2D eigenvalue weighted by Gasteiger charge is -2.35. The fourth-order valence-corrected chi connectivity index (χ4v) is 4.50. The molecule has 1 aliphatic rings. The van der Waals surface area contributed by atoms with E-state index in [1.807, 2.05) is 46.0 Å². The second kappa shape index (κ2) is 13.4. The number of amides is 1. The highest BCUT2D eigenvalue weighted by Gasteiger charge is 2.38. The predicted octanol–water partition coefficient (Wildman–Crippen LogP) is 2.52. The number of carbonyl (C=O) groups is 1. The van der Waals surface area contributed by atoms with Crippen molar-refractivity contribution in [2.24, 2.45) is 0 Å². The maximum atomic E-state index is 12.2. The largest absolute Gasteiger partial charge is 0.388 e. The Kier molecular flexibility index (Phi) is 10.5. The number of terminal acetylenes is 1. The maximum Gasteiger partial charge on any atom is 0.220 e. The van der Waals surface area contributed by atoms with E-state index in [1.165, 1.54) is 5.56 Å². The molecule has 7 nitrogen and oxygen atoms in total. The van der Waals surface area contributed by atoms with Crippen LogP contribution in [-0.4, -0.2) is 76.7 Å². The van der Waals surface area contributed by atoms with E-state index in [1.54, 1.807) is 0 Å². The molecule has 1 fully saturated rings. The smallest absolute Gasteiger partial charge is 0.220 e. The average molecular weight is 523 g/mol. The molecule has 1 aliphatic heterocycles. The summed E-state index contributed by atoms with van der Waals surface area (Å²) in [6.45, 7) is 7.26. The van der Waals surface area contributed by atoms with Crippen LogP contribution in [0.3, 0.4) is 0 Å². The zero-order chi connectivity index (χ0) is 27.9. The third kappa shape index (κ3) is 7.89. The number of carbonyl (C=O) groups excluding carboxylic acids is 1. The minimum atomic E-state index is -1.23. The van der Waals surface area contributed by atoms with Crippen LogP contribution in [0.25, 0.3) is 0 Å². The normalized spacial score (nSPS) is 21.8. The molecule has 2 aromatic rings. The molecule has 206 valence electrons. The van der Waals surface area contributed by atoms with Gasteiger partial charge in [0, 0.05) is 19.5 Å². The molecule has 0 bridgehead atoms. The zero-order valence-electron chi connectivity index (χ0n) is 23.0.